The molecule has 0 aliphatic carbocycles. The van der Waals surface area contributed by atoms with Gasteiger partial charge in [-0.05, 0) is 44.8 Å². The minimum atomic E-state index is 0.208. The molecule has 0 bridgehead atoms. The fourth-order valence-electron chi connectivity index (χ4n) is 3.09. The molecule has 4 heteroatoms. The van der Waals surface area contributed by atoms with Crippen molar-refractivity contribution >= 4 is 27.3 Å². The molecule has 1 aliphatic heterocycles. The molecular weight excluding hydrogens is 280 g/mol. The van der Waals surface area contributed by atoms with Crippen LogP contribution in [0, 0.1) is 5.92 Å². The Hall–Kier alpha value is -1.39. The van der Waals surface area contributed by atoms with Crippen LogP contribution in [0.15, 0.2) is 29.6 Å². The highest BCUT2D eigenvalue weighted by molar-refractivity contribution is 7.17. The second kappa shape index (κ2) is 6.58. The van der Waals surface area contributed by atoms with Gasteiger partial charge in [0.1, 0.15) is 0 Å². The SMILES string of the molecule is CNCCC1CCN(C(=O)c2csc3ccccc23)CC1. The van der Waals surface area contributed by atoms with Crippen LogP contribution in [-0.2, 0) is 0 Å². The standard InChI is InChI=1S/C17H22N2OS/c1-18-9-6-13-7-10-19(11-8-13)17(20)15-12-21-16-5-3-2-4-14(15)16/h2-5,12-13,18H,6-11H2,1H3. The van der Waals surface area contributed by atoms with Crippen molar-refractivity contribution < 1.29 is 4.79 Å². The van der Waals surface area contributed by atoms with E-state index in [0.717, 1.165) is 49.3 Å². The van der Waals surface area contributed by atoms with Crippen molar-refractivity contribution in [3.63, 3.8) is 0 Å². The van der Waals surface area contributed by atoms with Gasteiger partial charge >= 0.3 is 0 Å². The number of fused-ring (bicyclic) bond motifs is 1. The summed E-state index contributed by atoms with van der Waals surface area (Å²) in [5.74, 6) is 0.972. The minimum Gasteiger partial charge on any atom is -0.339 e. The molecule has 1 fully saturated rings. The largest absolute Gasteiger partial charge is 0.339 e. The second-order valence-electron chi connectivity index (χ2n) is 5.77. The van der Waals surface area contributed by atoms with Crippen LogP contribution in [0.2, 0.25) is 0 Å². The molecule has 1 aromatic heterocycles. The molecule has 0 spiro atoms. The summed E-state index contributed by atoms with van der Waals surface area (Å²) < 4.78 is 1.20. The first kappa shape index (κ1) is 14.5. The van der Waals surface area contributed by atoms with Gasteiger partial charge < -0.3 is 10.2 Å². The number of thiophene rings is 1. The van der Waals surface area contributed by atoms with Crippen molar-refractivity contribution in [3.8, 4) is 0 Å². The monoisotopic (exact) mass is 302 g/mol. The van der Waals surface area contributed by atoms with Gasteiger partial charge in [-0.3, -0.25) is 4.79 Å². The second-order valence-corrected chi connectivity index (χ2v) is 6.68. The number of rotatable bonds is 4. The number of hydrogen-bond donors (Lipinski definition) is 1. The molecule has 2 aromatic rings. The minimum absolute atomic E-state index is 0.208. The van der Waals surface area contributed by atoms with Gasteiger partial charge in [0, 0.05) is 28.6 Å². The van der Waals surface area contributed by atoms with E-state index >= 15 is 0 Å². The molecule has 1 N–H and O–H groups in total. The number of nitrogens with zero attached hydrogens (tertiary/aromatic N) is 1. The Morgan fingerprint density at radius 3 is 2.86 bits per heavy atom. The highest BCUT2D eigenvalue weighted by Crippen LogP contribution is 2.28. The van der Waals surface area contributed by atoms with Crippen LogP contribution in [0.4, 0.5) is 0 Å². The first-order valence-electron chi connectivity index (χ1n) is 7.69. The van der Waals surface area contributed by atoms with Gasteiger partial charge in [0.2, 0.25) is 0 Å². The first-order valence-corrected chi connectivity index (χ1v) is 8.57. The summed E-state index contributed by atoms with van der Waals surface area (Å²) in [4.78, 5) is 14.7. The summed E-state index contributed by atoms with van der Waals surface area (Å²) in [6.45, 7) is 2.88. The lowest BCUT2D eigenvalue weighted by molar-refractivity contribution is 0.0689. The van der Waals surface area contributed by atoms with E-state index in [-0.39, 0.29) is 5.91 Å². The predicted molar refractivity (Wildman–Crippen MR) is 89.0 cm³/mol. The number of benzene rings is 1. The Kier molecular flexibility index (Phi) is 4.56. The maximum atomic E-state index is 12.7. The van der Waals surface area contributed by atoms with Gasteiger partial charge in [-0.15, -0.1) is 11.3 Å². The number of carbonyl (C=O) groups excluding carboxylic acids is 1. The van der Waals surface area contributed by atoms with E-state index in [1.165, 1.54) is 11.1 Å². The number of nitrogens with one attached hydrogen (secondary N) is 1. The highest BCUT2D eigenvalue weighted by atomic mass is 32.1. The van der Waals surface area contributed by atoms with Crippen LogP contribution in [-0.4, -0.2) is 37.5 Å². The Labute approximate surface area is 130 Å². The number of piperidine rings is 1. The third-order valence-corrected chi connectivity index (χ3v) is 5.38. The maximum Gasteiger partial charge on any atom is 0.255 e. The molecule has 2 heterocycles. The molecule has 1 saturated heterocycles. The van der Waals surface area contributed by atoms with Crippen molar-refractivity contribution in [2.24, 2.45) is 5.92 Å². The summed E-state index contributed by atoms with van der Waals surface area (Å²) in [7, 11) is 2.00. The first-order chi connectivity index (χ1) is 10.3. The lowest BCUT2D eigenvalue weighted by atomic mass is 9.93. The Morgan fingerprint density at radius 2 is 2.10 bits per heavy atom. The van der Waals surface area contributed by atoms with Crippen molar-refractivity contribution in [3.05, 3.63) is 35.2 Å². The third-order valence-electron chi connectivity index (χ3n) is 4.42. The van der Waals surface area contributed by atoms with E-state index < -0.39 is 0 Å². The quantitative estimate of drug-likeness (QED) is 0.939. The smallest absolute Gasteiger partial charge is 0.255 e. The van der Waals surface area contributed by atoms with Gasteiger partial charge in [0.15, 0.2) is 0 Å². The summed E-state index contributed by atoms with van der Waals surface area (Å²) in [5, 5.41) is 6.33. The van der Waals surface area contributed by atoms with Crippen molar-refractivity contribution in [1.29, 1.82) is 0 Å². The number of likely N-dealkylation sites (tertiary alicyclic amines) is 1. The van der Waals surface area contributed by atoms with E-state index in [0.29, 0.717) is 0 Å². The van der Waals surface area contributed by atoms with Crippen LogP contribution >= 0.6 is 11.3 Å². The van der Waals surface area contributed by atoms with Crippen LogP contribution in [0.5, 0.6) is 0 Å². The maximum absolute atomic E-state index is 12.7. The molecule has 1 aromatic carbocycles. The predicted octanol–water partition coefficient (Wildman–Crippen LogP) is 3.36. The zero-order valence-corrected chi connectivity index (χ0v) is 13.3. The third kappa shape index (κ3) is 3.11. The van der Waals surface area contributed by atoms with Crippen LogP contribution in [0.1, 0.15) is 29.6 Å². The Bertz CT molecular complexity index is 614. The fourth-order valence-corrected chi connectivity index (χ4v) is 4.02. The summed E-state index contributed by atoms with van der Waals surface area (Å²) in [5.41, 5.74) is 0.879. The zero-order chi connectivity index (χ0) is 14.7. The molecule has 21 heavy (non-hydrogen) atoms. The zero-order valence-electron chi connectivity index (χ0n) is 12.5. The number of amides is 1. The molecule has 1 amide bonds. The molecule has 112 valence electrons. The lowest BCUT2D eigenvalue weighted by Gasteiger charge is -2.32. The van der Waals surface area contributed by atoms with E-state index in [2.05, 4.69) is 17.4 Å². The summed E-state index contributed by atoms with van der Waals surface area (Å²) in [6, 6.07) is 8.18. The Morgan fingerprint density at radius 1 is 1.33 bits per heavy atom. The molecule has 3 rings (SSSR count). The summed E-state index contributed by atoms with van der Waals surface area (Å²) >= 11 is 1.66. The average molecular weight is 302 g/mol. The van der Waals surface area contributed by atoms with Crippen LogP contribution in [0.25, 0.3) is 10.1 Å². The molecular formula is C17H22N2OS. The van der Waals surface area contributed by atoms with Crippen molar-refractivity contribution in [1.82, 2.24) is 10.2 Å². The van der Waals surface area contributed by atoms with Crippen molar-refractivity contribution in [2.75, 3.05) is 26.7 Å². The number of carbonyl (C=O) groups is 1. The van der Waals surface area contributed by atoms with Crippen LogP contribution < -0.4 is 5.32 Å². The average Bonchev–Trinajstić information content (AvgIpc) is 2.97. The summed E-state index contributed by atoms with van der Waals surface area (Å²) in [6.07, 6.45) is 3.49. The van der Waals surface area contributed by atoms with Crippen LogP contribution in [0.3, 0.4) is 0 Å². The molecule has 1 aliphatic rings. The number of hydrogen-bond acceptors (Lipinski definition) is 3. The van der Waals surface area contributed by atoms with Crippen molar-refractivity contribution in [2.45, 2.75) is 19.3 Å². The van der Waals surface area contributed by atoms with Gasteiger partial charge in [0.05, 0.1) is 5.56 Å². The van der Waals surface area contributed by atoms with E-state index in [1.807, 2.05) is 29.5 Å². The van der Waals surface area contributed by atoms with Gasteiger partial charge in [-0.2, -0.15) is 0 Å². The molecule has 0 radical (unpaired) electrons. The van der Waals surface area contributed by atoms with Gasteiger partial charge in [-0.1, -0.05) is 18.2 Å². The normalized spacial score (nSPS) is 16.5. The van der Waals surface area contributed by atoms with E-state index in [9.17, 15) is 4.79 Å². The highest BCUT2D eigenvalue weighted by Gasteiger charge is 2.24. The van der Waals surface area contributed by atoms with Gasteiger partial charge in [-0.25, -0.2) is 0 Å². The van der Waals surface area contributed by atoms with E-state index in [1.54, 1.807) is 11.3 Å². The fraction of sp³-hybridized carbons (Fsp3) is 0.471. The molecule has 0 saturated carbocycles. The molecule has 0 unspecified atom stereocenters. The topological polar surface area (TPSA) is 32.3 Å². The molecule has 3 nitrogen and oxygen atoms in total. The molecule has 0 atom stereocenters. The Balaban J connectivity index is 1.67. The van der Waals surface area contributed by atoms with Gasteiger partial charge in [0.25, 0.3) is 5.91 Å². The lowest BCUT2D eigenvalue weighted by Crippen LogP contribution is -2.38. The van der Waals surface area contributed by atoms with E-state index in [4.69, 9.17) is 0 Å².